The van der Waals surface area contributed by atoms with Crippen molar-refractivity contribution in [1.82, 2.24) is 9.78 Å². The molecule has 1 aromatic carbocycles. The number of aromatic nitrogens is 2. The SMILES string of the molecule is Cc1ccc(-n2nc(C(=O)O)cc2-c2cccs2)c(C)c1. The van der Waals surface area contributed by atoms with Crippen molar-refractivity contribution in [2.75, 3.05) is 0 Å². The number of nitrogens with zero attached hydrogens (tertiary/aromatic N) is 2. The Bertz CT molecular complexity index is 804. The molecule has 0 radical (unpaired) electrons. The lowest BCUT2D eigenvalue weighted by atomic mass is 10.1. The molecule has 106 valence electrons. The number of rotatable bonds is 3. The second-order valence-electron chi connectivity index (χ2n) is 4.90. The predicted molar refractivity (Wildman–Crippen MR) is 83.3 cm³/mol. The van der Waals surface area contributed by atoms with Gasteiger partial charge in [-0.25, -0.2) is 9.48 Å². The third kappa shape index (κ3) is 2.48. The minimum atomic E-state index is -1.02. The molecular weight excluding hydrogens is 284 g/mol. The fraction of sp³-hybridized carbons (Fsp3) is 0.125. The molecule has 0 aliphatic carbocycles. The molecule has 3 rings (SSSR count). The van der Waals surface area contributed by atoms with Crippen LogP contribution >= 0.6 is 11.3 Å². The average molecular weight is 298 g/mol. The largest absolute Gasteiger partial charge is 0.476 e. The first-order chi connectivity index (χ1) is 10.1. The van der Waals surface area contributed by atoms with Crippen LogP contribution in [0.1, 0.15) is 21.6 Å². The molecule has 21 heavy (non-hydrogen) atoms. The maximum absolute atomic E-state index is 11.2. The van der Waals surface area contributed by atoms with Crippen molar-refractivity contribution in [3.05, 3.63) is 58.6 Å². The summed E-state index contributed by atoms with van der Waals surface area (Å²) in [5.74, 6) is -1.02. The van der Waals surface area contributed by atoms with Gasteiger partial charge in [0.05, 0.1) is 16.3 Å². The summed E-state index contributed by atoms with van der Waals surface area (Å²) in [5, 5.41) is 15.4. The number of carbonyl (C=O) groups is 1. The fourth-order valence-corrected chi connectivity index (χ4v) is 3.04. The van der Waals surface area contributed by atoms with Gasteiger partial charge in [0.25, 0.3) is 0 Å². The standard InChI is InChI=1S/C16H14N2O2S/c1-10-5-6-13(11(2)8-10)18-14(15-4-3-7-21-15)9-12(17-18)16(19)20/h3-9H,1-2H3,(H,19,20). The summed E-state index contributed by atoms with van der Waals surface area (Å²) in [6, 6.07) is 11.6. The molecule has 0 atom stereocenters. The van der Waals surface area contributed by atoms with Crippen molar-refractivity contribution >= 4 is 17.3 Å². The van der Waals surface area contributed by atoms with Gasteiger partial charge in [0.2, 0.25) is 0 Å². The van der Waals surface area contributed by atoms with Crippen LogP contribution in [0, 0.1) is 13.8 Å². The first kappa shape index (κ1) is 13.6. The summed E-state index contributed by atoms with van der Waals surface area (Å²) in [6.45, 7) is 4.03. The normalized spacial score (nSPS) is 10.8. The van der Waals surface area contributed by atoms with E-state index in [4.69, 9.17) is 0 Å². The van der Waals surface area contributed by atoms with E-state index >= 15 is 0 Å². The van der Waals surface area contributed by atoms with Crippen molar-refractivity contribution in [1.29, 1.82) is 0 Å². The van der Waals surface area contributed by atoms with Crippen molar-refractivity contribution < 1.29 is 9.90 Å². The first-order valence-corrected chi connectivity index (χ1v) is 7.39. The molecule has 2 heterocycles. The third-order valence-electron chi connectivity index (χ3n) is 3.28. The molecule has 0 spiro atoms. The highest BCUT2D eigenvalue weighted by Crippen LogP contribution is 2.29. The van der Waals surface area contributed by atoms with Crippen molar-refractivity contribution in [3.8, 4) is 16.3 Å². The Morgan fingerprint density at radius 1 is 1.24 bits per heavy atom. The number of aromatic carboxylic acids is 1. The van der Waals surface area contributed by atoms with E-state index < -0.39 is 5.97 Å². The molecule has 1 N–H and O–H groups in total. The van der Waals surface area contributed by atoms with Crippen LogP contribution in [0.15, 0.2) is 41.8 Å². The molecule has 4 nitrogen and oxygen atoms in total. The molecule has 2 aromatic heterocycles. The number of thiophene rings is 1. The van der Waals surface area contributed by atoms with Gasteiger partial charge in [-0.3, -0.25) is 0 Å². The van der Waals surface area contributed by atoms with Gasteiger partial charge >= 0.3 is 5.97 Å². The molecule has 3 aromatic rings. The van der Waals surface area contributed by atoms with Crippen LogP contribution in [-0.4, -0.2) is 20.9 Å². The Hall–Kier alpha value is -2.40. The Morgan fingerprint density at radius 2 is 2.05 bits per heavy atom. The predicted octanol–water partition coefficient (Wildman–Crippen LogP) is 3.92. The van der Waals surface area contributed by atoms with Gasteiger partial charge in [-0.05, 0) is 36.9 Å². The topological polar surface area (TPSA) is 55.1 Å². The van der Waals surface area contributed by atoms with Gasteiger partial charge < -0.3 is 5.11 Å². The lowest BCUT2D eigenvalue weighted by Gasteiger charge is -2.10. The van der Waals surface area contributed by atoms with Gasteiger partial charge in [-0.2, -0.15) is 5.10 Å². The Morgan fingerprint density at radius 3 is 2.67 bits per heavy atom. The van der Waals surface area contributed by atoms with E-state index in [-0.39, 0.29) is 5.69 Å². The molecular formula is C16H14N2O2S. The molecule has 0 aliphatic heterocycles. The highest BCUT2D eigenvalue weighted by atomic mass is 32.1. The zero-order valence-corrected chi connectivity index (χ0v) is 12.5. The number of hydrogen-bond donors (Lipinski definition) is 1. The number of hydrogen-bond acceptors (Lipinski definition) is 3. The van der Waals surface area contributed by atoms with Crippen LogP contribution < -0.4 is 0 Å². The van der Waals surface area contributed by atoms with Crippen LogP contribution in [0.2, 0.25) is 0 Å². The summed E-state index contributed by atoms with van der Waals surface area (Å²) in [7, 11) is 0. The van der Waals surface area contributed by atoms with Crippen LogP contribution in [0.25, 0.3) is 16.3 Å². The molecule has 0 amide bonds. The highest BCUT2D eigenvalue weighted by Gasteiger charge is 2.17. The molecule has 5 heteroatoms. The summed E-state index contributed by atoms with van der Waals surface area (Å²) in [5.41, 5.74) is 3.98. The van der Waals surface area contributed by atoms with E-state index in [9.17, 15) is 9.90 Å². The number of carboxylic acids is 1. The highest BCUT2D eigenvalue weighted by molar-refractivity contribution is 7.13. The van der Waals surface area contributed by atoms with Gasteiger partial charge in [-0.1, -0.05) is 23.8 Å². The number of aryl methyl sites for hydroxylation is 2. The van der Waals surface area contributed by atoms with Gasteiger partial charge in [0.15, 0.2) is 5.69 Å². The number of benzene rings is 1. The molecule has 0 saturated carbocycles. The van der Waals surface area contributed by atoms with Crippen LogP contribution in [0.4, 0.5) is 0 Å². The monoisotopic (exact) mass is 298 g/mol. The second-order valence-corrected chi connectivity index (χ2v) is 5.85. The van der Waals surface area contributed by atoms with Crippen molar-refractivity contribution in [2.24, 2.45) is 0 Å². The Kier molecular flexibility index (Phi) is 3.35. The van der Waals surface area contributed by atoms with Crippen LogP contribution in [-0.2, 0) is 0 Å². The minimum absolute atomic E-state index is 0.0541. The average Bonchev–Trinajstić information content (AvgIpc) is 3.07. The van der Waals surface area contributed by atoms with E-state index in [1.165, 1.54) is 5.56 Å². The summed E-state index contributed by atoms with van der Waals surface area (Å²) >= 11 is 1.57. The summed E-state index contributed by atoms with van der Waals surface area (Å²) in [6.07, 6.45) is 0. The maximum atomic E-state index is 11.2. The molecule has 0 saturated heterocycles. The van der Waals surface area contributed by atoms with E-state index in [1.807, 2.05) is 43.5 Å². The Balaban J connectivity index is 2.23. The van der Waals surface area contributed by atoms with E-state index in [1.54, 1.807) is 22.1 Å². The second kappa shape index (κ2) is 5.18. The molecule has 0 bridgehead atoms. The van der Waals surface area contributed by atoms with Gasteiger partial charge in [-0.15, -0.1) is 11.3 Å². The van der Waals surface area contributed by atoms with Crippen LogP contribution in [0.3, 0.4) is 0 Å². The van der Waals surface area contributed by atoms with Crippen LogP contribution in [0.5, 0.6) is 0 Å². The fourth-order valence-electron chi connectivity index (χ4n) is 2.31. The third-order valence-corrected chi connectivity index (χ3v) is 4.17. The smallest absolute Gasteiger partial charge is 0.356 e. The van der Waals surface area contributed by atoms with E-state index in [2.05, 4.69) is 11.2 Å². The summed E-state index contributed by atoms with van der Waals surface area (Å²) in [4.78, 5) is 12.2. The molecule has 0 aliphatic rings. The van der Waals surface area contributed by atoms with Gasteiger partial charge in [0, 0.05) is 6.07 Å². The van der Waals surface area contributed by atoms with Crippen molar-refractivity contribution in [3.63, 3.8) is 0 Å². The Labute approximate surface area is 126 Å². The maximum Gasteiger partial charge on any atom is 0.356 e. The minimum Gasteiger partial charge on any atom is -0.476 e. The van der Waals surface area contributed by atoms with Gasteiger partial charge in [0.1, 0.15) is 0 Å². The summed E-state index contributed by atoms with van der Waals surface area (Å²) < 4.78 is 1.71. The van der Waals surface area contributed by atoms with E-state index in [0.717, 1.165) is 21.8 Å². The quantitative estimate of drug-likeness (QED) is 0.797. The lowest BCUT2D eigenvalue weighted by molar-refractivity contribution is 0.0690. The van der Waals surface area contributed by atoms with E-state index in [0.29, 0.717) is 0 Å². The number of carboxylic acid groups (broad SMARTS) is 1. The zero-order valence-electron chi connectivity index (χ0n) is 11.7. The lowest BCUT2D eigenvalue weighted by Crippen LogP contribution is -2.03. The first-order valence-electron chi connectivity index (χ1n) is 6.51. The molecule has 0 fully saturated rings. The van der Waals surface area contributed by atoms with Crippen molar-refractivity contribution in [2.45, 2.75) is 13.8 Å². The zero-order chi connectivity index (χ0) is 15.0. The molecule has 0 unspecified atom stereocenters.